The molecule has 0 fully saturated rings. The van der Waals surface area contributed by atoms with Crippen molar-refractivity contribution in [3.8, 4) is 0 Å². The van der Waals surface area contributed by atoms with Crippen LogP contribution in [0.4, 0.5) is 0 Å². The summed E-state index contributed by atoms with van der Waals surface area (Å²) in [5.41, 5.74) is 5.51. The van der Waals surface area contributed by atoms with Crippen molar-refractivity contribution < 1.29 is 19.1 Å². The van der Waals surface area contributed by atoms with Crippen LogP contribution in [0.3, 0.4) is 0 Å². The number of nitrogens with two attached hydrogens (primary N) is 1. The van der Waals surface area contributed by atoms with E-state index in [2.05, 4.69) is 4.74 Å². The molecular formula is C10H17NO4. The molecule has 0 heterocycles. The first kappa shape index (κ1) is 13.6. The van der Waals surface area contributed by atoms with Crippen molar-refractivity contribution in [2.75, 3.05) is 13.7 Å². The van der Waals surface area contributed by atoms with E-state index in [-0.39, 0.29) is 12.4 Å². The Morgan fingerprint density at radius 3 is 2.60 bits per heavy atom. The highest BCUT2D eigenvalue weighted by Gasteiger charge is 2.11. The summed E-state index contributed by atoms with van der Waals surface area (Å²) in [6.45, 7) is 2.04. The van der Waals surface area contributed by atoms with E-state index in [1.807, 2.05) is 0 Å². The Bertz CT molecular complexity index is 238. The van der Waals surface area contributed by atoms with Gasteiger partial charge in [-0.1, -0.05) is 12.2 Å². The van der Waals surface area contributed by atoms with Crippen LogP contribution in [0.5, 0.6) is 0 Å². The second-order valence-electron chi connectivity index (χ2n) is 2.85. The molecule has 0 spiro atoms. The van der Waals surface area contributed by atoms with E-state index in [4.69, 9.17) is 10.5 Å². The van der Waals surface area contributed by atoms with Crippen molar-refractivity contribution in [2.45, 2.75) is 25.8 Å². The zero-order valence-electron chi connectivity index (χ0n) is 9.06. The Kier molecular flexibility index (Phi) is 7.27. The SMILES string of the molecule is CCOC(=O)C(N)CC=CCC(=O)OC. The molecule has 0 radical (unpaired) electrons. The number of methoxy groups -OCH3 is 1. The number of carbonyl (C=O) groups excluding carboxylic acids is 2. The Morgan fingerprint density at radius 1 is 1.40 bits per heavy atom. The highest BCUT2D eigenvalue weighted by molar-refractivity contribution is 5.75. The standard InChI is InChI=1S/C10H17NO4/c1-3-15-10(13)8(11)6-4-5-7-9(12)14-2/h4-5,8H,3,6-7,11H2,1-2H3. The van der Waals surface area contributed by atoms with Gasteiger partial charge in [-0.15, -0.1) is 0 Å². The van der Waals surface area contributed by atoms with E-state index in [1.165, 1.54) is 7.11 Å². The molecule has 5 heteroatoms. The molecule has 0 saturated heterocycles. The molecular weight excluding hydrogens is 198 g/mol. The van der Waals surface area contributed by atoms with Gasteiger partial charge in [-0.05, 0) is 13.3 Å². The molecule has 0 saturated carbocycles. The van der Waals surface area contributed by atoms with Crippen LogP contribution in [-0.2, 0) is 19.1 Å². The zero-order valence-corrected chi connectivity index (χ0v) is 9.06. The number of hydrogen-bond donors (Lipinski definition) is 1. The number of rotatable bonds is 6. The molecule has 0 aromatic carbocycles. The third-order valence-corrected chi connectivity index (χ3v) is 1.66. The maximum absolute atomic E-state index is 11.1. The highest BCUT2D eigenvalue weighted by atomic mass is 16.5. The molecule has 2 N–H and O–H groups in total. The van der Waals surface area contributed by atoms with Gasteiger partial charge >= 0.3 is 11.9 Å². The van der Waals surface area contributed by atoms with E-state index in [9.17, 15) is 9.59 Å². The highest BCUT2D eigenvalue weighted by Crippen LogP contribution is 1.96. The molecule has 1 atom stereocenters. The third-order valence-electron chi connectivity index (χ3n) is 1.66. The predicted octanol–water partition coefficient (Wildman–Crippen LogP) is 0.386. The second-order valence-corrected chi connectivity index (χ2v) is 2.85. The van der Waals surface area contributed by atoms with Crippen LogP contribution in [0, 0.1) is 0 Å². The maximum Gasteiger partial charge on any atom is 0.323 e. The van der Waals surface area contributed by atoms with Crippen LogP contribution < -0.4 is 5.73 Å². The van der Waals surface area contributed by atoms with Gasteiger partial charge < -0.3 is 15.2 Å². The Hall–Kier alpha value is -1.36. The first-order valence-corrected chi connectivity index (χ1v) is 4.75. The zero-order chi connectivity index (χ0) is 11.7. The van der Waals surface area contributed by atoms with Gasteiger partial charge in [-0.2, -0.15) is 0 Å². The monoisotopic (exact) mass is 215 g/mol. The summed E-state index contributed by atoms with van der Waals surface area (Å²) in [6.07, 6.45) is 3.82. The molecule has 5 nitrogen and oxygen atoms in total. The van der Waals surface area contributed by atoms with E-state index >= 15 is 0 Å². The average Bonchev–Trinajstić information content (AvgIpc) is 2.23. The summed E-state index contributed by atoms with van der Waals surface area (Å²) in [5.74, 6) is -0.754. The number of ether oxygens (including phenoxy) is 2. The topological polar surface area (TPSA) is 78.6 Å². The largest absolute Gasteiger partial charge is 0.469 e. The first-order valence-electron chi connectivity index (χ1n) is 4.75. The summed E-state index contributed by atoms with van der Waals surface area (Å²) in [5, 5.41) is 0. The fourth-order valence-corrected chi connectivity index (χ4v) is 0.851. The molecule has 0 rings (SSSR count). The third kappa shape index (κ3) is 6.68. The number of esters is 2. The van der Waals surface area contributed by atoms with Crippen molar-refractivity contribution in [1.29, 1.82) is 0 Å². The maximum atomic E-state index is 11.1. The fraction of sp³-hybridized carbons (Fsp3) is 0.600. The Morgan fingerprint density at radius 2 is 2.07 bits per heavy atom. The normalized spacial score (nSPS) is 12.5. The van der Waals surface area contributed by atoms with E-state index in [0.29, 0.717) is 13.0 Å². The van der Waals surface area contributed by atoms with Gasteiger partial charge in [0.1, 0.15) is 6.04 Å². The summed E-state index contributed by atoms with van der Waals surface area (Å²) in [6, 6.07) is -0.668. The lowest BCUT2D eigenvalue weighted by atomic mass is 10.2. The van der Waals surface area contributed by atoms with Gasteiger partial charge in [0.2, 0.25) is 0 Å². The fourth-order valence-electron chi connectivity index (χ4n) is 0.851. The van der Waals surface area contributed by atoms with Gasteiger partial charge in [0.05, 0.1) is 20.1 Å². The minimum absolute atomic E-state index is 0.187. The molecule has 86 valence electrons. The summed E-state index contributed by atoms with van der Waals surface area (Å²) in [7, 11) is 1.32. The van der Waals surface area contributed by atoms with E-state index < -0.39 is 12.0 Å². The lowest BCUT2D eigenvalue weighted by molar-refractivity contribution is -0.144. The minimum atomic E-state index is -0.668. The van der Waals surface area contributed by atoms with Gasteiger partial charge in [-0.3, -0.25) is 9.59 Å². The molecule has 0 bridgehead atoms. The lowest BCUT2D eigenvalue weighted by Crippen LogP contribution is -2.31. The van der Waals surface area contributed by atoms with Gasteiger partial charge in [0, 0.05) is 0 Å². The van der Waals surface area contributed by atoms with Gasteiger partial charge in [0.25, 0.3) is 0 Å². The van der Waals surface area contributed by atoms with Crippen molar-refractivity contribution in [2.24, 2.45) is 5.73 Å². The minimum Gasteiger partial charge on any atom is -0.469 e. The molecule has 15 heavy (non-hydrogen) atoms. The molecule has 0 aromatic heterocycles. The molecule has 0 aliphatic carbocycles. The number of carbonyl (C=O) groups is 2. The second kappa shape index (κ2) is 7.99. The van der Waals surface area contributed by atoms with Crippen molar-refractivity contribution in [3.63, 3.8) is 0 Å². The van der Waals surface area contributed by atoms with E-state index in [0.717, 1.165) is 0 Å². The van der Waals surface area contributed by atoms with Crippen LogP contribution in [0.2, 0.25) is 0 Å². The Labute approximate surface area is 89.2 Å². The quantitative estimate of drug-likeness (QED) is 0.512. The smallest absolute Gasteiger partial charge is 0.323 e. The molecule has 0 aliphatic rings. The van der Waals surface area contributed by atoms with E-state index in [1.54, 1.807) is 19.1 Å². The molecule has 0 aliphatic heterocycles. The predicted molar refractivity (Wildman–Crippen MR) is 55.0 cm³/mol. The Balaban J connectivity index is 3.74. The lowest BCUT2D eigenvalue weighted by Gasteiger charge is -2.07. The van der Waals surface area contributed by atoms with Crippen LogP contribution in [0.25, 0.3) is 0 Å². The first-order chi connectivity index (χ1) is 7.11. The number of hydrogen-bond acceptors (Lipinski definition) is 5. The summed E-state index contributed by atoms with van der Waals surface area (Å²) in [4.78, 5) is 21.8. The molecule has 0 aromatic rings. The summed E-state index contributed by atoms with van der Waals surface area (Å²) < 4.78 is 9.14. The summed E-state index contributed by atoms with van der Waals surface area (Å²) >= 11 is 0. The molecule has 1 unspecified atom stereocenters. The van der Waals surface area contributed by atoms with Crippen molar-refractivity contribution >= 4 is 11.9 Å². The van der Waals surface area contributed by atoms with Crippen LogP contribution in [0.1, 0.15) is 19.8 Å². The average molecular weight is 215 g/mol. The van der Waals surface area contributed by atoms with Crippen LogP contribution in [0.15, 0.2) is 12.2 Å². The van der Waals surface area contributed by atoms with Gasteiger partial charge in [-0.25, -0.2) is 0 Å². The van der Waals surface area contributed by atoms with Crippen LogP contribution >= 0.6 is 0 Å². The van der Waals surface area contributed by atoms with Crippen molar-refractivity contribution in [1.82, 2.24) is 0 Å². The van der Waals surface area contributed by atoms with Crippen molar-refractivity contribution in [3.05, 3.63) is 12.2 Å². The van der Waals surface area contributed by atoms with Gasteiger partial charge in [0.15, 0.2) is 0 Å². The van der Waals surface area contributed by atoms with Crippen LogP contribution in [-0.4, -0.2) is 31.7 Å². The molecule has 0 amide bonds.